The van der Waals surface area contributed by atoms with Crippen LogP contribution in [0.5, 0.6) is 0 Å². The second-order valence-corrected chi connectivity index (χ2v) is 4.56. The summed E-state index contributed by atoms with van der Waals surface area (Å²) >= 11 is 0. The van der Waals surface area contributed by atoms with E-state index in [2.05, 4.69) is 39.6 Å². The van der Waals surface area contributed by atoms with Gasteiger partial charge in [-0.2, -0.15) is 0 Å². The number of hydrogen-bond acceptors (Lipinski definition) is 1. The van der Waals surface area contributed by atoms with Crippen LogP contribution in [0.3, 0.4) is 0 Å². The lowest BCUT2D eigenvalue weighted by molar-refractivity contribution is 0.550. The first-order valence-electron chi connectivity index (χ1n) is 6.04. The van der Waals surface area contributed by atoms with E-state index >= 15 is 0 Å². The van der Waals surface area contributed by atoms with E-state index in [-0.39, 0.29) is 0 Å². The highest BCUT2D eigenvalue weighted by molar-refractivity contribution is 5.35. The van der Waals surface area contributed by atoms with Gasteiger partial charge in [-0.1, -0.05) is 27.2 Å². The van der Waals surface area contributed by atoms with E-state index in [1.807, 2.05) is 6.20 Å². The molecule has 0 aliphatic carbocycles. The molecule has 1 unspecified atom stereocenters. The molecule has 0 aromatic carbocycles. The molecule has 1 atom stereocenters. The maximum Gasteiger partial charge on any atom is 0.0438 e. The van der Waals surface area contributed by atoms with Crippen molar-refractivity contribution in [1.82, 2.24) is 4.98 Å². The first-order chi connectivity index (χ1) is 7.10. The van der Waals surface area contributed by atoms with Crippen LogP contribution in [-0.4, -0.2) is 4.98 Å². The van der Waals surface area contributed by atoms with Crippen molar-refractivity contribution in [2.24, 2.45) is 5.92 Å². The summed E-state index contributed by atoms with van der Waals surface area (Å²) in [6.45, 7) is 11.1. The van der Waals surface area contributed by atoms with Crippen molar-refractivity contribution in [2.75, 3.05) is 0 Å². The minimum Gasteiger partial charge on any atom is -0.261 e. The Morgan fingerprint density at radius 3 is 2.47 bits per heavy atom. The van der Waals surface area contributed by atoms with Gasteiger partial charge in [0, 0.05) is 11.9 Å². The highest BCUT2D eigenvalue weighted by atomic mass is 14.7. The molecule has 0 amide bonds. The summed E-state index contributed by atoms with van der Waals surface area (Å²) in [5.41, 5.74) is 5.54. The Bertz CT molecular complexity index is 328. The monoisotopic (exact) mass is 205 g/mol. The van der Waals surface area contributed by atoms with Crippen molar-refractivity contribution >= 4 is 0 Å². The highest BCUT2D eigenvalue weighted by Gasteiger charge is 2.09. The molecule has 0 saturated carbocycles. The summed E-state index contributed by atoms with van der Waals surface area (Å²) in [6, 6.07) is 0. The molecule has 1 rings (SSSR count). The van der Waals surface area contributed by atoms with Crippen LogP contribution < -0.4 is 0 Å². The molecular formula is C14H23N. The van der Waals surface area contributed by atoms with E-state index < -0.39 is 0 Å². The van der Waals surface area contributed by atoms with Crippen molar-refractivity contribution in [2.45, 2.75) is 53.9 Å². The Kier molecular flexibility index (Phi) is 4.31. The van der Waals surface area contributed by atoms with Gasteiger partial charge in [0.15, 0.2) is 0 Å². The lowest BCUT2D eigenvalue weighted by atomic mass is 9.95. The second-order valence-electron chi connectivity index (χ2n) is 4.56. The fourth-order valence-corrected chi connectivity index (χ4v) is 2.04. The van der Waals surface area contributed by atoms with E-state index in [4.69, 9.17) is 0 Å². The number of aromatic nitrogens is 1. The molecule has 1 aromatic heterocycles. The molecule has 0 aliphatic heterocycles. The van der Waals surface area contributed by atoms with Crippen molar-refractivity contribution in [3.63, 3.8) is 0 Å². The molecular weight excluding hydrogens is 182 g/mol. The number of aryl methyl sites for hydroxylation is 1. The van der Waals surface area contributed by atoms with Crippen molar-refractivity contribution in [3.8, 4) is 0 Å². The van der Waals surface area contributed by atoms with Gasteiger partial charge in [-0.05, 0) is 49.3 Å². The van der Waals surface area contributed by atoms with Crippen LogP contribution in [0.1, 0.15) is 49.6 Å². The largest absolute Gasteiger partial charge is 0.261 e. The first-order valence-corrected chi connectivity index (χ1v) is 6.04. The standard InChI is InChI=1S/C14H23N/c1-6-10(3)8-14-12(5)13(7-2)11(4)9-15-14/h9-10H,6-8H2,1-5H3. The van der Waals surface area contributed by atoms with Crippen LogP contribution in [0.25, 0.3) is 0 Å². The zero-order valence-corrected chi connectivity index (χ0v) is 10.7. The smallest absolute Gasteiger partial charge is 0.0438 e. The van der Waals surface area contributed by atoms with Gasteiger partial charge < -0.3 is 0 Å². The van der Waals surface area contributed by atoms with Crippen LogP contribution in [0.4, 0.5) is 0 Å². The van der Waals surface area contributed by atoms with Gasteiger partial charge in [0.05, 0.1) is 0 Å². The fourth-order valence-electron chi connectivity index (χ4n) is 2.04. The molecule has 0 aliphatic rings. The quantitative estimate of drug-likeness (QED) is 0.727. The molecule has 15 heavy (non-hydrogen) atoms. The molecule has 0 fully saturated rings. The lowest BCUT2D eigenvalue weighted by Gasteiger charge is -2.14. The van der Waals surface area contributed by atoms with Gasteiger partial charge in [-0.3, -0.25) is 4.98 Å². The fraction of sp³-hybridized carbons (Fsp3) is 0.643. The minimum atomic E-state index is 0.739. The third kappa shape index (κ3) is 2.80. The average Bonchev–Trinajstić information content (AvgIpc) is 2.23. The predicted octanol–water partition coefficient (Wildman–Crippen LogP) is 3.85. The summed E-state index contributed by atoms with van der Waals surface area (Å²) in [5, 5.41) is 0. The van der Waals surface area contributed by atoms with Crippen LogP contribution >= 0.6 is 0 Å². The Hall–Kier alpha value is -0.850. The third-order valence-electron chi connectivity index (χ3n) is 3.37. The summed E-state index contributed by atoms with van der Waals surface area (Å²) in [6.07, 6.45) is 5.50. The molecule has 0 bridgehead atoms. The molecule has 1 heteroatoms. The van der Waals surface area contributed by atoms with Crippen molar-refractivity contribution in [3.05, 3.63) is 28.6 Å². The SMILES string of the molecule is CCc1c(C)cnc(CC(C)CC)c1C. The average molecular weight is 205 g/mol. The summed E-state index contributed by atoms with van der Waals surface area (Å²) in [5.74, 6) is 0.739. The van der Waals surface area contributed by atoms with Crippen LogP contribution in [0.2, 0.25) is 0 Å². The minimum absolute atomic E-state index is 0.739. The molecule has 1 aromatic rings. The highest BCUT2D eigenvalue weighted by Crippen LogP contribution is 2.19. The zero-order valence-electron chi connectivity index (χ0n) is 10.7. The molecule has 1 nitrogen and oxygen atoms in total. The summed E-state index contributed by atoms with van der Waals surface area (Å²) in [7, 11) is 0. The summed E-state index contributed by atoms with van der Waals surface area (Å²) in [4.78, 5) is 4.57. The Morgan fingerprint density at radius 2 is 1.93 bits per heavy atom. The van der Waals surface area contributed by atoms with E-state index in [1.54, 1.807) is 0 Å². The lowest BCUT2D eigenvalue weighted by Crippen LogP contribution is -2.06. The van der Waals surface area contributed by atoms with Gasteiger partial charge >= 0.3 is 0 Å². The van der Waals surface area contributed by atoms with Crippen molar-refractivity contribution in [1.29, 1.82) is 0 Å². The maximum atomic E-state index is 4.57. The van der Waals surface area contributed by atoms with Gasteiger partial charge in [-0.25, -0.2) is 0 Å². The van der Waals surface area contributed by atoms with E-state index in [0.29, 0.717) is 0 Å². The Labute approximate surface area is 93.9 Å². The van der Waals surface area contributed by atoms with E-state index in [0.717, 1.165) is 18.8 Å². The molecule has 0 saturated heterocycles. The topological polar surface area (TPSA) is 12.9 Å². The van der Waals surface area contributed by atoms with Gasteiger partial charge in [0.2, 0.25) is 0 Å². The van der Waals surface area contributed by atoms with E-state index in [1.165, 1.54) is 28.8 Å². The molecule has 1 heterocycles. The number of pyridine rings is 1. The molecule has 0 radical (unpaired) electrons. The first kappa shape index (κ1) is 12.2. The third-order valence-corrected chi connectivity index (χ3v) is 3.37. The Balaban J connectivity index is 2.99. The van der Waals surface area contributed by atoms with Gasteiger partial charge in [-0.15, -0.1) is 0 Å². The second kappa shape index (κ2) is 5.29. The number of hydrogen-bond donors (Lipinski definition) is 0. The molecule has 0 spiro atoms. The number of rotatable bonds is 4. The van der Waals surface area contributed by atoms with Gasteiger partial charge in [0.1, 0.15) is 0 Å². The molecule has 0 N–H and O–H groups in total. The predicted molar refractivity (Wildman–Crippen MR) is 66.2 cm³/mol. The van der Waals surface area contributed by atoms with Gasteiger partial charge in [0.25, 0.3) is 0 Å². The normalized spacial score (nSPS) is 12.9. The number of nitrogens with zero attached hydrogens (tertiary/aromatic N) is 1. The Morgan fingerprint density at radius 1 is 1.27 bits per heavy atom. The van der Waals surface area contributed by atoms with E-state index in [9.17, 15) is 0 Å². The zero-order chi connectivity index (χ0) is 11.4. The summed E-state index contributed by atoms with van der Waals surface area (Å²) < 4.78 is 0. The van der Waals surface area contributed by atoms with Crippen LogP contribution in [0.15, 0.2) is 6.20 Å². The molecule has 84 valence electrons. The van der Waals surface area contributed by atoms with Crippen LogP contribution in [0, 0.1) is 19.8 Å². The maximum absolute atomic E-state index is 4.57. The van der Waals surface area contributed by atoms with Crippen LogP contribution in [-0.2, 0) is 12.8 Å². The van der Waals surface area contributed by atoms with Crippen molar-refractivity contribution < 1.29 is 0 Å².